The summed E-state index contributed by atoms with van der Waals surface area (Å²) in [6, 6.07) is 11.8. The number of rotatable bonds is 4. The Kier molecular flexibility index (Phi) is 4.49. The average molecular weight is 289 g/mol. The Hall–Kier alpha value is -2.19. The molecule has 2 aromatic carbocycles. The SMILES string of the molecule is COc1ccc(Sc2cccc(F)c2C#N)cc1OC. The molecular formula is C15H12FNO2S. The molecule has 2 rings (SSSR count). The van der Waals surface area contributed by atoms with Crippen LogP contribution < -0.4 is 9.47 Å². The molecule has 0 atom stereocenters. The zero-order valence-corrected chi connectivity index (χ0v) is 11.8. The van der Waals surface area contributed by atoms with Gasteiger partial charge in [0.2, 0.25) is 0 Å². The zero-order valence-electron chi connectivity index (χ0n) is 11.0. The highest BCUT2D eigenvalue weighted by atomic mass is 32.2. The molecule has 2 aromatic rings. The quantitative estimate of drug-likeness (QED) is 0.857. The molecule has 0 amide bonds. The molecule has 0 heterocycles. The van der Waals surface area contributed by atoms with Crippen LogP contribution >= 0.6 is 11.8 Å². The van der Waals surface area contributed by atoms with Crippen molar-refractivity contribution in [3.63, 3.8) is 0 Å². The fourth-order valence-corrected chi connectivity index (χ4v) is 2.65. The van der Waals surface area contributed by atoms with Gasteiger partial charge < -0.3 is 9.47 Å². The first-order valence-electron chi connectivity index (χ1n) is 5.78. The summed E-state index contributed by atoms with van der Waals surface area (Å²) in [5.74, 6) is 0.696. The summed E-state index contributed by atoms with van der Waals surface area (Å²) in [7, 11) is 3.11. The van der Waals surface area contributed by atoms with E-state index < -0.39 is 5.82 Å². The molecular weight excluding hydrogens is 277 g/mol. The molecule has 0 bridgehead atoms. The molecule has 0 aliphatic carbocycles. The van der Waals surface area contributed by atoms with Crippen molar-refractivity contribution in [2.75, 3.05) is 14.2 Å². The lowest BCUT2D eigenvalue weighted by molar-refractivity contribution is 0.354. The number of methoxy groups -OCH3 is 2. The molecule has 0 unspecified atom stereocenters. The number of halogens is 1. The number of nitrogens with zero attached hydrogens (tertiary/aromatic N) is 1. The van der Waals surface area contributed by atoms with Crippen LogP contribution in [0.2, 0.25) is 0 Å². The maximum absolute atomic E-state index is 13.5. The Balaban J connectivity index is 2.36. The van der Waals surface area contributed by atoms with Gasteiger partial charge in [-0.15, -0.1) is 0 Å². The molecule has 0 saturated carbocycles. The van der Waals surface area contributed by atoms with Crippen molar-refractivity contribution in [1.29, 1.82) is 5.26 Å². The second-order valence-electron chi connectivity index (χ2n) is 3.84. The third-order valence-electron chi connectivity index (χ3n) is 2.67. The van der Waals surface area contributed by atoms with Crippen LogP contribution in [0.5, 0.6) is 11.5 Å². The largest absolute Gasteiger partial charge is 0.493 e. The van der Waals surface area contributed by atoms with Crippen LogP contribution in [0.15, 0.2) is 46.2 Å². The predicted octanol–water partition coefficient (Wildman–Crippen LogP) is 3.87. The van der Waals surface area contributed by atoms with Crippen LogP contribution in [-0.4, -0.2) is 14.2 Å². The Bertz CT molecular complexity index is 667. The highest BCUT2D eigenvalue weighted by Crippen LogP contribution is 2.36. The van der Waals surface area contributed by atoms with Gasteiger partial charge in [-0.1, -0.05) is 17.8 Å². The predicted molar refractivity (Wildman–Crippen MR) is 74.8 cm³/mol. The van der Waals surface area contributed by atoms with E-state index >= 15 is 0 Å². The molecule has 0 radical (unpaired) electrons. The maximum atomic E-state index is 13.5. The van der Waals surface area contributed by atoms with Crippen molar-refractivity contribution in [2.45, 2.75) is 9.79 Å². The smallest absolute Gasteiger partial charge is 0.161 e. The Morgan fingerprint density at radius 3 is 2.50 bits per heavy atom. The Morgan fingerprint density at radius 1 is 1.10 bits per heavy atom. The monoisotopic (exact) mass is 289 g/mol. The summed E-state index contributed by atoms with van der Waals surface area (Å²) in [5.41, 5.74) is 0.0484. The molecule has 0 N–H and O–H groups in total. The summed E-state index contributed by atoms with van der Waals surface area (Å²) in [5, 5.41) is 9.01. The van der Waals surface area contributed by atoms with E-state index in [-0.39, 0.29) is 5.56 Å². The van der Waals surface area contributed by atoms with Crippen LogP contribution in [0.25, 0.3) is 0 Å². The summed E-state index contributed by atoms with van der Waals surface area (Å²) in [4.78, 5) is 1.41. The lowest BCUT2D eigenvalue weighted by Crippen LogP contribution is -1.91. The normalized spacial score (nSPS) is 9.90. The van der Waals surface area contributed by atoms with Gasteiger partial charge in [-0.3, -0.25) is 0 Å². The third-order valence-corrected chi connectivity index (χ3v) is 3.72. The highest BCUT2D eigenvalue weighted by molar-refractivity contribution is 7.99. The summed E-state index contributed by atoms with van der Waals surface area (Å²) in [6.45, 7) is 0. The van der Waals surface area contributed by atoms with Crippen molar-refractivity contribution >= 4 is 11.8 Å². The first-order chi connectivity index (χ1) is 9.69. The van der Waals surface area contributed by atoms with E-state index in [1.165, 1.54) is 17.8 Å². The minimum absolute atomic E-state index is 0.0484. The van der Waals surface area contributed by atoms with Gasteiger partial charge in [-0.25, -0.2) is 4.39 Å². The number of nitriles is 1. The molecule has 0 spiro atoms. The van der Waals surface area contributed by atoms with Crippen LogP contribution in [0.1, 0.15) is 5.56 Å². The lowest BCUT2D eigenvalue weighted by atomic mass is 10.2. The van der Waals surface area contributed by atoms with Crippen molar-refractivity contribution in [3.8, 4) is 17.6 Å². The van der Waals surface area contributed by atoms with Crippen molar-refractivity contribution in [3.05, 3.63) is 47.8 Å². The van der Waals surface area contributed by atoms with Crippen molar-refractivity contribution < 1.29 is 13.9 Å². The topological polar surface area (TPSA) is 42.2 Å². The second-order valence-corrected chi connectivity index (χ2v) is 4.96. The molecule has 0 fully saturated rings. The van der Waals surface area contributed by atoms with Gasteiger partial charge >= 0.3 is 0 Å². The third kappa shape index (κ3) is 2.86. The fourth-order valence-electron chi connectivity index (χ4n) is 1.70. The number of ether oxygens (including phenoxy) is 2. The Morgan fingerprint density at radius 2 is 1.85 bits per heavy atom. The van der Waals surface area contributed by atoms with Gasteiger partial charge in [0, 0.05) is 9.79 Å². The van der Waals surface area contributed by atoms with Crippen LogP contribution in [-0.2, 0) is 0 Å². The molecule has 0 saturated heterocycles. The molecule has 0 aromatic heterocycles. The van der Waals surface area contributed by atoms with E-state index in [0.717, 1.165) is 4.90 Å². The highest BCUT2D eigenvalue weighted by Gasteiger charge is 2.11. The zero-order chi connectivity index (χ0) is 14.5. The molecule has 0 aliphatic heterocycles. The van der Waals surface area contributed by atoms with Gasteiger partial charge in [0.05, 0.1) is 14.2 Å². The van der Waals surface area contributed by atoms with Crippen LogP contribution in [0.3, 0.4) is 0 Å². The number of hydrogen-bond acceptors (Lipinski definition) is 4. The van der Waals surface area contributed by atoms with Crippen molar-refractivity contribution in [2.24, 2.45) is 0 Å². The van der Waals surface area contributed by atoms with Gasteiger partial charge in [0.15, 0.2) is 11.5 Å². The van der Waals surface area contributed by atoms with E-state index in [0.29, 0.717) is 16.4 Å². The number of benzene rings is 2. The van der Waals surface area contributed by atoms with Gasteiger partial charge in [0.25, 0.3) is 0 Å². The summed E-state index contributed by atoms with van der Waals surface area (Å²) < 4.78 is 23.9. The molecule has 0 aliphatic rings. The molecule has 20 heavy (non-hydrogen) atoms. The fraction of sp³-hybridized carbons (Fsp3) is 0.133. The van der Waals surface area contributed by atoms with E-state index in [1.807, 2.05) is 12.1 Å². The minimum Gasteiger partial charge on any atom is -0.493 e. The summed E-state index contributed by atoms with van der Waals surface area (Å²) >= 11 is 1.30. The van der Waals surface area contributed by atoms with E-state index in [4.69, 9.17) is 14.7 Å². The first-order valence-corrected chi connectivity index (χ1v) is 6.59. The van der Waals surface area contributed by atoms with Gasteiger partial charge in [-0.2, -0.15) is 5.26 Å². The Labute approximate surface area is 120 Å². The van der Waals surface area contributed by atoms with Crippen molar-refractivity contribution in [1.82, 2.24) is 0 Å². The van der Waals surface area contributed by atoms with E-state index in [2.05, 4.69) is 0 Å². The lowest BCUT2D eigenvalue weighted by Gasteiger charge is -2.10. The van der Waals surface area contributed by atoms with Crippen LogP contribution in [0, 0.1) is 17.1 Å². The van der Waals surface area contributed by atoms with Gasteiger partial charge in [0.1, 0.15) is 17.4 Å². The minimum atomic E-state index is -0.516. The second kappa shape index (κ2) is 6.31. The molecule has 102 valence electrons. The molecule has 3 nitrogen and oxygen atoms in total. The van der Waals surface area contributed by atoms with Crippen LogP contribution in [0.4, 0.5) is 4.39 Å². The number of hydrogen-bond donors (Lipinski definition) is 0. The summed E-state index contributed by atoms with van der Waals surface area (Å²) in [6.07, 6.45) is 0. The van der Waals surface area contributed by atoms with E-state index in [9.17, 15) is 4.39 Å². The van der Waals surface area contributed by atoms with Gasteiger partial charge in [-0.05, 0) is 30.3 Å². The first kappa shape index (κ1) is 14.2. The average Bonchev–Trinajstić information content (AvgIpc) is 2.47. The standard InChI is InChI=1S/C15H12FNO2S/c1-18-13-7-6-10(8-14(13)19-2)20-15-5-3-4-12(16)11(15)9-17/h3-8H,1-2H3. The molecule has 5 heteroatoms. The van der Waals surface area contributed by atoms with E-state index in [1.54, 1.807) is 38.5 Å². The maximum Gasteiger partial charge on any atom is 0.161 e.